The number of nitrogens with zero attached hydrogens (tertiary/aromatic N) is 1. The molecule has 0 saturated heterocycles. The molecule has 1 aromatic carbocycles. The number of aryl methyl sites for hydroxylation is 1. The van der Waals surface area contributed by atoms with Crippen molar-refractivity contribution < 1.29 is 17.6 Å². The number of sulfonamides is 1. The predicted octanol–water partition coefficient (Wildman–Crippen LogP) is 3.20. The number of thiophene rings is 1. The van der Waals surface area contributed by atoms with Crippen molar-refractivity contribution >= 4 is 21.4 Å². The molecule has 24 heavy (non-hydrogen) atoms. The van der Waals surface area contributed by atoms with Gasteiger partial charge in [-0.25, -0.2) is 18.1 Å². The first-order valence-corrected chi connectivity index (χ1v) is 9.43. The van der Waals surface area contributed by atoms with Crippen LogP contribution in [0.5, 0.6) is 5.75 Å². The molecule has 0 aliphatic rings. The molecule has 0 radical (unpaired) electrons. The van der Waals surface area contributed by atoms with Crippen LogP contribution >= 0.6 is 11.3 Å². The maximum atomic E-state index is 12.4. The fraction of sp³-hybridized carbons (Fsp3) is 0.188. The Morgan fingerprint density at radius 1 is 1.29 bits per heavy atom. The van der Waals surface area contributed by atoms with Gasteiger partial charge in [-0.15, -0.1) is 11.3 Å². The van der Waals surface area contributed by atoms with E-state index < -0.39 is 10.0 Å². The average Bonchev–Trinajstić information content (AvgIpc) is 3.22. The molecule has 3 aromatic rings. The van der Waals surface area contributed by atoms with Crippen LogP contribution in [0.3, 0.4) is 0 Å². The lowest BCUT2D eigenvalue weighted by molar-refractivity contribution is 0.414. The van der Waals surface area contributed by atoms with Crippen LogP contribution in [0, 0.1) is 6.92 Å². The molecule has 2 aromatic heterocycles. The Hall–Kier alpha value is -2.16. The summed E-state index contributed by atoms with van der Waals surface area (Å²) in [5.41, 5.74) is 0.820. The average molecular weight is 364 g/mol. The number of hydrogen-bond acceptors (Lipinski definition) is 6. The Morgan fingerprint density at radius 3 is 2.83 bits per heavy atom. The van der Waals surface area contributed by atoms with E-state index in [1.807, 2.05) is 18.2 Å². The first-order chi connectivity index (χ1) is 11.5. The quantitative estimate of drug-likeness (QED) is 0.726. The Balaban J connectivity index is 1.74. The molecule has 8 heteroatoms. The molecule has 3 rings (SSSR count). The summed E-state index contributed by atoms with van der Waals surface area (Å²) >= 11 is 1.14. The van der Waals surface area contributed by atoms with Gasteiger partial charge in [0, 0.05) is 13.5 Å². The highest BCUT2D eigenvalue weighted by Crippen LogP contribution is 2.31. The van der Waals surface area contributed by atoms with Crippen LogP contribution in [0.1, 0.15) is 11.5 Å². The highest BCUT2D eigenvalue weighted by atomic mass is 32.2. The van der Waals surface area contributed by atoms with Gasteiger partial charge in [-0.05, 0) is 29.8 Å². The van der Waals surface area contributed by atoms with Crippen molar-refractivity contribution in [3.05, 3.63) is 54.0 Å². The lowest BCUT2D eigenvalue weighted by atomic mass is 10.2. The fourth-order valence-corrected chi connectivity index (χ4v) is 4.42. The summed E-state index contributed by atoms with van der Waals surface area (Å²) in [6.07, 6.45) is 1.58. The lowest BCUT2D eigenvalue weighted by Crippen LogP contribution is -2.22. The van der Waals surface area contributed by atoms with E-state index in [0.29, 0.717) is 17.4 Å². The van der Waals surface area contributed by atoms with Gasteiger partial charge in [-0.3, -0.25) is 0 Å². The van der Waals surface area contributed by atoms with E-state index in [4.69, 9.17) is 9.15 Å². The van der Waals surface area contributed by atoms with Crippen molar-refractivity contribution in [2.45, 2.75) is 17.7 Å². The van der Waals surface area contributed by atoms with Gasteiger partial charge in [-0.1, -0.05) is 12.1 Å². The van der Waals surface area contributed by atoms with E-state index in [1.165, 1.54) is 0 Å². The minimum absolute atomic E-state index is 0.189. The summed E-state index contributed by atoms with van der Waals surface area (Å²) in [5, 5.41) is 0. The minimum Gasteiger partial charge on any atom is -0.497 e. The zero-order valence-corrected chi connectivity index (χ0v) is 14.8. The summed E-state index contributed by atoms with van der Waals surface area (Å²) in [6.45, 7) is 1.93. The van der Waals surface area contributed by atoms with Gasteiger partial charge in [0.15, 0.2) is 11.7 Å². The second kappa shape index (κ2) is 6.76. The van der Waals surface area contributed by atoms with Crippen LogP contribution < -0.4 is 9.46 Å². The topological polar surface area (TPSA) is 81.4 Å². The van der Waals surface area contributed by atoms with Crippen LogP contribution in [-0.2, 0) is 16.6 Å². The smallest absolute Gasteiger partial charge is 0.250 e. The Morgan fingerprint density at radius 2 is 2.12 bits per heavy atom. The summed E-state index contributed by atoms with van der Waals surface area (Å²) in [5.74, 6) is 1.79. The van der Waals surface area contributed by atoms with Gasteiger partial charge in [0.25, 0.3) is 0 Å². The number of methoxy groups -OCH3 is 1. The molecule has 0 atom stereocenters. The monoisotopic (exact) mass is 364 g/mol. The number of hydrogen-bond donors (Lipinski definition) is 1. The number of oxazole rings is 1. The molecule has 6 nitrogen and oxygen atoms in total. The zero-order valence-electron chi connectivity index (χ0n) is 13.1. The van der Waals surface area contributed by atoms with Crippen molar-refractivity contribution in [3.63, 3.8) is 0 Å². The lowest BCUT2D eigenvalue weighted by Gasteiger charge is -2.06. The van der Waals surface area contributed by atoms with Crippen LogP contribution in [0.25, 0.3) is 10.6 Å². The highest BCUT2D eigenvalue weighted by Gasteiger charge is 2.18. The SMILES string of the molecule is COc1cccc(CNS(=O)(=O)c2ccc(-c3cnc(C)o3)s2)c1. The molecule has 0 saturated carbocycles. The number of ether oxygens (including phenoxy) is 1. The van der Waals surface area contributed by atoms with Crippen molar-refractivity contribution in [3.8, 4) is 16.4 Å². The molecule has 0 unspecified atom stereocenters. The third kappa shape index (κ3) is 3.66. The molecule has 0 aliphatic heterocycles. The van der Waals surface area contributed by atoms with Gasteiger partial charge in [-0.2, -0.15) is 0 Å². The largest absolute Gasteiger partial charge is 0.497 e. The van der Waals surface area contributed by atoms with E-state index in [0.717, 1.165) is 21.8 Å². The normalized spacial score (nSPS) is 11.6. The third-order valence-electron chi connectivity index (χ3n) is 3.31. The van der Waals surface area contributed by atoms with Gasteiger partial charge < -0.3 is 9.15 Å². The first-order valence-electron chi connectivity index (χ1n) is 7.13. The van der Waals surface area contributed by atoms with E-state index in [2.05, 4.69) is 9.71 Å². The summed E-state index contributed by atoms with van der Waals surface area (Å²) in [6, 6.07) is 10.5. The fourth-order valence-electron chi connectivity index (χ4n) is 2.10. The zero-order chi connectivity index (χ0) is 17.2. The minimum atomic E-state index is -3.59. The molecule has 0 bridgehead atoms. The second-order valence-electron chi connectivity index (χ2n) is 5.04. The Labute approximate surface area is 144 Å². The molecule has 0 amide bonds. The third-order valence-corrected chi connectivity index (χ3v) is 6.30. The van der Waals surface area contributed by atoms with Gasteiger partial charge >= 0.3 is 0 Å². The molecular formula is C16H16N2O4S2. The van der Waals surface area contributed by atoms with Crippen LogP contribution in [-0.4, -0.2) is 20.5 Å². The van der Waals surface area contributed by atoms with Gasteiger partial charge in [0.05, 0.1) is 18.2 Å². The molecule has 2 heterocycles. The van der Waals surface area contributed by atoms with Crippen LogP contribution in [0.4, 0.5) is 0 Å². The van der Waals surface area contributed by atoms with Crippen LogP contribution in [0.2, 0.25) is 0 Å². The summed E-state index contributed by atoms with van der Waals surface area (Å²) in [7, 11) is -2.02. The van der Waals surface area contributed by atoms with Crippen molar-refractivity contribution in [2.75, 3.05) is 7.11 Å². The summed E-state index contributed by atoms with van der Waals surface area (Å²) in [4.78, 5) is 4.74. The maximum absolute atomic E-state index is 12.4. The number of nitrogens with one attached hydrogen (secondary N) is 1. The highest BCUT2D eigenvalue weighted by molar-refractivity contribution is 7.91. The Kier molecular flexibility index (Phi) is 4.70. The number of benzene rings is 1. The van der Waals surface area contributed by atoms with E-state index >= 15 is 0 Å². The molecule has 0 aliphatic carbocycles. The van der Waals surface area contributed by atoms with E-state index in [-0.39, 0.29) is 10.8 Å². The molecule has 0 fully saturated rings. The molecule has 1 N–H and O–H groups in total. The first kappa shape index (κ1) is 16.7. The second-order valence-corrected chi connectivity index (χ2v) is 8.12. The summed E-state index contributed by atoms with van der Waals surface area (Å²) < 4.78 is 38.2. The number of rotatable bonds is 6. The van der Waals surface area contributed by atoms with Gasteiger partial charge in [0.1, 0.15) is 9.96 Å². The van der Waals surface area contributed by atoms with Crippen molar-refractivity contribution in [1.29, 1.82) is 0 Å². The van der Waals surface area contributed by atoms with Crippen molar-refractivity contribution in [2.24, 2.45) is 0 Å². The molecule has 0 spiro atoms. The van der Waals surface area contributed by atoms with E-state index in [1.54, 1.807) is 38.4 Å². The van der Waals surface area contributed by atoms with Gasteiger partial charge in [0.2, 0.25) is 10.0 Å². The predicted molar refractivity (Wildman–Crippen MR) is 91.6 cm³/mol. The van der Waals surface area contributed by atoms with Crippen molar-refractivity contribution in [1.82, 2.24) is 9.71 Å². The standard InChI is InChI=1S/C16H16N2O4S2/c1-11-17-10-14(22-11)15-6-7-16(23-15)24(19,20)18-9-12-4-3-5-13(8-12)21-2/h3-8,10,18H,9H2,1-2H3. The molecule has 126 valence electrons. The van der Waals surface area contributed by atoms with Crippen LogP contribution in [0.15, 0.2) is 51.2 Å². The maximum Gasteiger partial charge on any atom is 0.250 e. The van der Waals surface area contributed by atoms with E-state index in [9.17, 15) is 8.42 Å². The Bertz CT molecular complexity index is 944. The number of aromatic nitrogens is 1. The molecular weight excluding hydrogens is 348 g/mol.